The van der Waals surface area contributed by atoms with Gasteiger partial charge in [-0.2, -0.15) is 0 Å². The molecule has 3 rings (SSSR count). The Hall–Kier alpha value is -0.600. The highest BCUT2D eigenvalue weighted by Gasteiger charge is 2.27. The van der Waals surface area contributed by atoms with Gasteiger partial charge in [-0.25, -0.2) is 4.39 Å². The maximum atomic E-state index is 13.3. The van der Waals surface area contributed by atoms with Gasteiger partial charge >= 0.3 is 0 Å². The Labute approximate surface area is 132 Å². The van der Waals surface area contributed by atoms with Crippen molar-refractivity contribution in [2.24, 2.45) is 11.8 Å². The highest BCUT2D eigenvalue weighted by molar-refractivity contribution is 6.30. The molecule has 0 aliphatic heterocycles. The molecule has 2 saturated carbocycles. The van der Waals surface area contributed by atoms with Crippen LogP contribution in [0.5, 0.6) is 0 Å². The predicted molar refractivity (Wildman–Crippen MR) is 86.2 cm³/mol. The van der Waals surface area contributed by atoms with Crippen LogP contribution in [0.2, 0.25) is 5.02 Å². The van der Waals surface area contributed by atoms with Gasteiger partial charge in [-0.05, 0) is 68.2 Å². The summed E-state index contributed by atoms with van der Waals surface area (Å²) in [5.41, 5.74) is 1.18. The molecule has 116 valence electrons. The topological polar surface area (TPSA) is 12.0 Å². The van der Waals surface area contributed by atoms with Crippen molar-refractivity contribution in [2.45, 2.75) is 57.4 Å². The lowest BCUT2D eigenvalue weighted by Gasteiger charge is -2.26. The van der Waals surface area contributed by atoms with Gasteiger partial charge in [0.15, 0.2) is 0 Å². The van der Waals surface area contributed by atoms with Crippen LogP contribution in [0.15, 0.2) is 18.2 Å². The van der Waals surface area contributed by atoms with Crippen molar-refractivity contribution in [1.29, 1.82) is 0 Å². The first-order valence-corrected chi connectivity index (χ1v) is 8.77. The lowest BCUT2D eigenvalue weighted by atomic mass is 9.83. The second-order valence-electron chi connectivity index (χ2n) is 6.79. The molecule has 0 bridgehead atoms. The van der Waals surface area contributed by atoms with Crippen molar-refractivity contribution in [3.8, 4) is 0 Å². The number of hydrogen-bond acceptors (Lipinski definition) is 1. The Morgan fingerprint density at radius 1 is 1.05 bits per heavy atom. The largest absolute Gasteiger partial charge is 0.314 e. The summed E-state index contributed by atoms with van der Waals surface area (Å²) >= 11 is 5.92. The maximum Gasteiger partial charge on any atom is 0.141 e. The van der Waals surface area contributed by atoms with E-state index in [0.717, 1.165) is 24.9 Å². The Bertz CT molecular complexity index is 472. The predicted octanol–water partition coefficient (Wildman–Crippen LogP) is 4.97. The monoisotopic (exact) mass is 309 g/mol. The molecule has 0 spiro atoms. The minimum Gasteiger partial charge on any atom is -0.314 e. The molecule has 21 heavy (non-hydrogen) atoms. The van der Waals surface area contributed by atoms with E-state index in [2.05, 4.69) is 5.32 Å². The minimum atomic E-state index is -0.312. The van der Waals surface area contributed by atoms with E-state index < -0.39 is 0 Å². The van der Waals surface area contributed by atoms with Crippen LogP contribution >= 0.6 is 11.6 Å². The molecule has 3 heteroatoms. The second kappa shape index (κ2) is 7.11. The van der Waals surface area contributed by atoms with Crippen molar-refractivity contribution >= 4 is 11.6 Å². The second-order valence-corrected chi connectivity index (χ2v) is 7.20. The van der Waals surface area contributed by atoms with Crippen LogP contribution < -0.4 is 5.32 Å². The van der Waals surface area contributed by atoms with Gasteiger partial charge in [-0.15, -0.1) is 0 Å². The van der Waals surface area contributed by atoms with Gasteiger partial charge < -0.3 is 5.32 Å². The van der Waals surface area contributed by atoms with Crippen LogP contribution in [0.25, 0.3) is 0 Å². The Morgan fingerprint density at radius 2 is 1.81 bits per heavy atom. The minimum absolute atomic E-state index is 0.258. The highest BCUT2D eigenvalue weighted by Crippen LogP contribution is 2.32. The quantitative estimate of drug-likeness (QED) is 0.757. The van der Waals surface area contributed by atoms with Gasteiger partial charge in [0.25, 0.3) is 0 Å². The molecule has 0 saturated heterocycles. The van der Waals surface area contributed by atoms with Crippen LogP contribution in [0.4, 0.5) is 4.39 Å². The maximum absolute atomic E-state index is 13.3. The molecule has 0 radical (unpaired) electrons. The Kier molecular flexibility index (Phi) is 5.18. The lowest BCUT2D eigenvalue weighted by Crippen LogP contribution is -2.30. The standard InChI is InChI=1S/C18H25ClFN/c19-17-11-13(6-9-18(17)20)10-14-4-2-1-3-5-15(14)12-21-16-7-8-16/h6,9,11,14-16,21H,1-5,7-8,10,12H2. The van der Waals surface area contributed by atoms with E-state index >= 15 is 0 Å². The number of benzene rings is 1. The molecule has 0 heterocycles. The molecular weight excluding hydrogens is 285 g/mol. The molecule has 2 aliphatic rings. The molecule has 1 aromatic carbocycles. The number of hydrogen-bond donors (Lipinski definition) is 1. The highest BCUT2D eigenvalue weighted by atomic mass is 35.5. The zero-order valence-electron chi connectivity index (χ0n) is 12.6. The average molecular weight is 310 g/mol. The van der Waals surface area contributed by atoms with Crippen molar-refractivity contribution in [2.75, 3.05) is 6.54 Å². The summed E-state index contributed by atoms with van der Waals surface area (Å²) < 4.78 is 13.3. The molecule has 1 aromatic rings. The number of nitrogens with one attached hydrogen (secondary N) is 1. The molecular formula is C18H25ClFN. The summed E-state index contributed by atoms with van der Waals surface area (Å²) in [5, 5.41) is 3.96. The van der Waals surface area contributed by atoms with Gasteiger partial charge in [0, 0.05) is 6.04 Å². The Balaban J connectivity index is 1.64. The van der Waals surface area contributed by atoms with Crippen molar-refractivity contribution < 1.29 is 4.39 Å². The van der Waals surface area contributed by atoms with E-state index in [0.29, 0.717) is 5.92 Å². The first kappa shape index (κ1) is 15.3. The van der Waals surface area contributed by atoms with Crippen molar-refractivity contribution in [3.05, 3.63) is 34.6 Å². The third-order valence-corrected chi connectivity index (χ3v) is 5.33. The molecule has 2 atom stereocenters. The van der Waals surface area contributed by atoms with E-state index in [-0.39, 0.29) is 10.8 Å². The van der Waals surface area contributed by atoms with E-state index in [1.54, 1.807) is 0 Å². The first-order valence-electron chi connectivity index (χ1n) is 8.39. The van der Waals surface area contributed by atoms with E-state index in [1.165, 1.54) is 56.6 Å². The third-order valence-electron chi connectivity index (χ3n) is 5.04. The fourth-order valence-electron chi connectivity index (χ4n) is 3.57. The molecule has 1 N–H and O–H groups in total. The van der Waals surface area contributed by atoms with Crippen LogP contribution in [-0.2, 0) is 6.42 Å². The lowest BCUT2D eigenvalue weighted by molar-refractivity contribution is 0.297. The molecule has 0 amide bonds. The molecule has 1 nitrogen and oxygen atoms in total. The number of halogens is 2. The molecule has 0 aromatic heterocycles. The third kappa shape index (κ3) is 4.43. The zero-order valence-corrected chi connectivity index (χ0v) is 13.3. The van der Waals surface area contributed by atoms with E-state index in [9.17, 15) is 4.39 Å². The van der Waals surface area contributed by atoms with Crippen LogP contribution in [0.1, 0.15) is 50.5 Å². The zero-order chi connectivity index (χ0) is 14.7. The van der Waals surface area contributed by atoms with Gasteiger partial charge in [-0.1, -0.05) is 36.9 Å². The van der Waals surface area contributed by atoms with Crippen molar-refractivity contribution in [3.63, 3.8) is 0 Å². The first-order chi connectivity index (χ1) is 10.2. The summed E-state index contributed by atoms with van der Waals surface area (Å²) in [4.78, 5) is 0. The van der Waals surface area contributed by atoms with Crippen LogP contribution in [0, 0.1) is 17.7 Å². The summed E-state index contributed by atoms with van der Waals surface area (Å²) in [6.45, 7) is 1.16. The summed E-state index contributed by atoms with van der Waals surface area (Å²) in [7, 11) is 0. The van der Waals surface area contributed by atoms with Gasteiger partial charge in [0.05, 0.1) is 5.02 Å². The number of rotatable bonds is 5. The SMILES string of the molecule is Fc1ccc(CC2CCCCCC2CNC2CC2)cc1Cl. The van der Waals surface area contributed by atoms with Crippen LogP contribution in [0.3, 0.4) is 0 Å². The fourth-order valence-corrected chi connectivity index (χ4v) is 3.78. The van der Waals surface area contributed by atoms with Gasteiger partial charge in [-0.3, -0.25) is 0 Å². The van der Waals surface area contributed by atoms with Crippen LogP contribution in [-0.4, -0.2) is 12.6 Å². The van der Waals surface area contributed by atoms with E-state index in [4.69, 9.17) is 11.6 Å². The molecule has 2 aliphatic carbocycles. The molecule has 2 unspecified atom stereocenters. The summed E-state index contributed by atoms with van der Waals surface area (Å²) in [6, 6.07) is 6.00. The Morgan fingerprint density at radius 3 is 2.52 bits per heavy atom. The fraction of sp³-hybridized carbons (Fsp3) is 0.667. The summed E-state index contributed by atoms with van der Waals surface area (Å²) in [5.74, 6) is 1.16. The summed E-state index contributed by atoms with van der Waals surface area (Å²) in [6.07, 6.45) is 10.4. The molecule has 2 fully saturated rings. The van der Waals surface area contributed by atoms with Crippen molar-refractivity contribution in [1.82, 2.24) is 5.32 Å². The van der Waals surface area contributed by atoms with Gasteiger partial charge in [0.1, 0.15) is 5.82 Å². The normalized spacial score (nSPS) is 26.6. The van der Waals surface area contributed by atoms with Gasteiger partial charge in [0.2, 0.25) is 0 Å². The van der Waals surface area contributed by atoms with E-state index in [1.807, 2.05) is 12.1 Å². The average Bonchev–Trinajstić information content (AvgIpc) is 3.29. The smallest absolute Gasteiger partial charge is 0.141 e.